The van der Waals surface area contributed by atoms with Gasteiger partial charge in [-0.15, -0.1) is 0 Å². The Labute approximate surface area is 62.3 Å². The van der Waals surface area contributed by atoms with Crippen LogP contribution in [-0.2, 0) is 0 Å². The second kappa shape index (κ2) is 2.30. The van der Waals surface area contributed by atoms with Crippen molar-refractivity contribution in [2.24, 2.45) is 0 Å². The Balaban J connectivity index is 2.90. The third-order valence-corrected chi connectivity index (χ3v) is 1.95. The number of rotatable bonds is 0. The molecule has 10 heavy (non-hydrogen) atoms. The van der Waals surface area contributed by atoms with Crippen LogP contribution in [0.1, 0.15) is 12.8 Å². The van der Waals surface area contributed by atoms with E-state index in [2.05, 4.69) is 26.3 Å². The summed E-state index contributed by atoms with van der Waals surface area (Å²) in [6, 6.07) is 0. The minimum absolute atomic E-state index is 0.983. The van der Waals surface area contributed by atoms with Gasteiger partial charge >= 0.3 is 0 Å². The van der Waals surface area contributed by atoms with Crippen molar-refractivity contribution < 1.29 is 0 Å². The highest BCUT2D eigenvalue weighted by Gasteiger charge is 2.13. The molecule has 0 spiro atoms. The van der Waals surface area contributed by atoms with Crippen molar-refractivity contribution in [1.82, 2.24) is 0 Å². The monoisotopic (exact) mass is 132 g/mol. The van der Waals surface area contributed by atoms with E-state index < -0.39 is 0 Å². The van der Waals surface area contributed by atoms with Crippen molar-refractivity contribution in [3.05, 3.63) is 48.6 Å². The first-order chi connectivity index (χ1) is 4.63. The lowest BCUT2D eigenvalue weighted by atomic mass is 9.85. The molecule has 0 N–H and O–H groups in total. The van der Waals surface area contributed by atoms with Crippen molar-refractivity contribution in [3.63, 3.8) is 0 Å². The molecule has 0 unspecified atom stereocenters. The fourth-order valence-corrected chi connectivity index (χ4v) is 1.03. The van der Waals surface area contributed by atoms with E-state index in [1.165, 1.54) is 0 Å². The summed E-state index contributed by atoms with van der Waals surface area (Å²) in [5, 5.41) is 0. The van der Waals surface area contributed by atoms with Crippen LogP contribution < -0.4 is 0 Å². The molecule has 0 aromatic heterocycles. The summed E-state index contributed by atoms with van der Waals surface area (Å²) in [4.78, 5) is 0. The van der Waals surface area contributed by atoms with E-state index >= 15 is 0 Å². The maximum absolute atomic E-state index is 3.88. The van der Waals surface area contributed by atoms with Crippen molar-refractivity contribution in [1.29, 1.82) is 0 Å². The van der Waals surface area contributed by atoms with Gasteiger partial charge < -0.3 is 0 Å². The van der Waals surface area contributed by atoms with E-state index in [0.29, 0.717) is 0 Å². The average molecular weight is 132 g/mol. The first-order valence-corrected chi connectivity index (χ1v) is 3.37. The van der Waals surface area contributed by atoms with Gasteiger partial charge in [-0.25, -0.2) is 0 Å². The molecular formula is C10H12. The topological polar surface area (TPSA) is 0 Å². The van der Waals surface area contributed by atoms with E-state index in [1.807, 2.05) is 0 Å². The quantitative estimate of drug-likeness (QED) is 0.475. The molecule has 0 heterocycles. The number of hydrogen-bond acceptors (Lipinski definition) is 0. The molecule has 1 fully saturated rings. The van der Waals surface area contributed by atoms with Gasteiger partial charge in [-0.3, -0.25) is 0 Å². The van der Waals surface area contributed by atoms with E-state index in [9.17, 15) is 0 Å². The standard InChI is InChI=1S/C10H12/c1-7-5-6-8(2)10(4)9(7)3/h1-6H2. The van der Waals surface area contributed by atoms with Crippen LogP contribution in [0.2, 0.25) is 0 Å². The van der Waals surface area contributed by atoms with Crippen LogP contribution in [0.15, 0.2) is 48.6 Å². The van der Waals surface area contributed by atoms with Crippen LogP contribution in [0.4, 0.5) is 0 Å². The van der Waals surface area contributed by atoms with Crippen LogP contribution in [0.3, 0.4) is 0 Å². The van der Waals surface area contributed by atoms with Crippen molar-refractivity contribution in [3.8, 4) is 0 Å². The van der Waals surface area contributed by atoms with Gasteiger partial charge in [0.1, 0.15) is 0 Å². The molecule has 1 saturated carbocycles. The van der Waals surface area contributed by atoms with Crippen LogP contribution in [0.25, 0.3) is 0 Å². The Kier molecular flexibility index (Phi) is 1.62. The summed E-state index contributed by atoms with van der Waals surface area (Å²) in [5.74, 6) is 0. The lowest BCUT2D eigenvalue weighted by Gasteiger charge is -2.20. The number of hydrogen-bond donors (Lipinski definition) is 0. The van der Waals surface area contributed by atoms with Gasteiger partial charge in [0.2, 0.25) is 0 Å². The molecule has 52 valence electrons. The van der Waals surface area contributed by atoms with Crippen molar-refractivity contribution in [2.75, 3.05) is 0 Å². The van der Waals surface area contributed by atoms with E-state index in [0.717, 1.165) is 35.1 Å². The summed E-state index contributed by atoms with van der Waals surface area (Å²) in [5.41, 5.74) is 4.18. The van der Waals surface area contributed by atoms with Gasteiger partial charge in [0.05, 0.1) is 0 Å². The molecule has 0 atom stereocenters. The molecule has 0 aliphatic heterocycles. The van der Waals surface area contributed by atoms with Gasteiger partial charge in [-0.2, -0.15) is 0 Å². The van der Waals surface area contributed by atoms with Crippen LogP contribution in [0.5, 0.6) is 0 Å². The minimum atomic E-state index is 0.983. The summed E-state index contributed by atoms with van der Waals surface area (Å²) < 4.78 is 0. The fourth-order valence-electron chi connectivity index (χ4n) is 1.03. The largest absolute Gasteiger partial charge is 0.0952 e. The first-order valence-electron chi connectivity index (χ1n) is 3.37. The molecule has 0 saturated heterocycles. The lowest BCUT2D eigenvalue weighted by Crippen LogP contribution is -2.01. The smallest absolute Gasteiger partial charge is 0.0233 e. The molecule has 0 heteroatoms. The summed E-state index contributed by atoms with van der Waals surface area (Å²) in [6.45, 7) is 15.5. The summed E-state index contributed by atoms with van der Waals surface area (Å²) in [7, 11) is 0. The SMILES string of the molecule is C=C1CCC(=C)C(=C)C1=C. The third-order valence-electron chi connectivity index (χ3n) is 1.95. The normalized spacial score (nSPS) is 20.0. The zero-order chi connectivity index (χ0) is 7.72. The molecule has 0 radical (unpaired) electrons. The van der Waals surface area contributed by atoms with E-state index in [4.69, 9.17) is 0 Å². The maximum Gasteiger partial charge on any atom is -0.0233 e. The molecule has 0 bridgehead atoms. The lowest BCUT2D eigenvalue weighted by molar-refractivity contribution is 0.915. The highest BCUT2D eigenvalue weighted by molar-refractivity contribution is 5.54. The molecule has 0 aromatic rings. The Morgan fingerprint density at radius 2 is 1.00 bits per heavy atom. The second-order valence-corrected chi connectivity index (χ2v) is 2.66. The van der Waals surface area contributed by atoms with Gasteiger partial charge in [0, 0.05) is 0 Å². The first kappa shape index (κ1) is 7.07. The Hall–Kier alpha value is -1.04. The van der Waals surface area contributed by atoms with E-state index in [1.54, 1.807) is 0 Å². The highest BCUT2D eigenvalue weighted by Crippen LogP contribution is 2.32. The average Bonchev–Trinajstić information content (AvgIpc) is 1.93. The maximum atomic E-state index is 3.88. The molecule has 1 rings (SSSR count). The molecule has 0 nitrogen and oxygen atoms in total. The van der Waals surface area contributed by atoms with Crippen molar-refractivity contribution in [2.45, 2.75) is 12.8 Å². The highest BCUT2D eigenvalue weighted by atomic mass is 14.2. The molecule has 1 aliphatic rings. The zero-order valence-corrected chi connectivity index (χ0v) is 6.24. The van der Waals surface area contributed by atoms with Gasteiger partial charge in [0.25, 0.3) is 0 Å². The zero-order valence-electron chi connectivity index (χ0n) is 6.24. The molecule has 0 amide bonds. The van der Waals surface area contributed by atoms with Gasteiger partial charge in [0.15, 0.2) is 0 Å². The minimum Gasteiger partial charge on any atom is -0.0952 e. The van der Waals surface area contributed by atoms with Gasteiger partial charge in [-0.05, 0) is 35.1 Å². The Bertz CT molecular complexity index is 202. The second-order valence-electron chi connectivity index (χ2n) is 2.66. The predicted octanol–water partition coefficient (Wildman–Crippen LogP) is 3.01. The number of allylic oxidation sites excluding steroid dienone is 4. The van der Waals surface area contributed by atoms with Crippen molar-refractivity contribution >= 4 is 0 Å². The molecule has 0 aromatic carbocycles. The summed E-state index contributed by atoms with van der Waals surface area (Å²) >= 11 is 0. The van der Waals surface area contributed by atoms with Crippen LogP contribution in [0, 0.1) is 0 Å². The van der Waals surface area contributed by atoms with Gasteiger partial charge in [-0.1, -0.05) is 26.3 Å². The van der Waals surface area contributed by atoms with Crippen LogP contribution in [-0.4, -0.2) is 0 Å². The Morgan fingerprint density at radius 3 is 1.30 bits per heavy atom. The van der Waals surface area contributed by atoms with E-state index in [-0.39, 0.29) is 0 Å². The predicted molar refractivity (Wildman–Crippen MR) is 45.8 cm³/mol. The fraction of sp³-hybridized carbons (Fsp3) is 0.200. The molecular weight excluding hydrogens is 120 g/mol. The Morgan fingerprint density at radius 1 is 0.700 bits per heavy atom. The van der Waals surface area contributed by atoms with Crippen LogP contribution >= 0.6 is 0 Å². The summed E-state index contributed by atoms with van der Waals surface area (Å²) in [6.07, 6.45) is 1.99. The molecule has 1 aliphatic carbocycles. The third kappa shape index (κ3) is 0.971.